The molecule has 0 aliphatic heterocycles. The predicted octanol–water partition coefficient (Wildman–Crippen LogP) is 2.99. The van der Waals surface area contributed by atoms with Gasteiger partial charge in [0, 0.05) is 20.1 Å². The van der Waals surface area contributed by atoms with Crippen LogP contribution in [0.15, 0.2) is 0 Å². The number of ether oxygens (including phenoxy) is 1. The summed E-state index contributed by atoms with van der Waals surface area (Å²) in [6.07, 6.45) is 2.04. The average molecular weight is 398 g/mol. The van der Waals surface area contributed by atoms with E-state index in [0.29, 0.717) is 15.4 Å². The van der Waals surface area contributed by atoms with E-state index in [9.17, 15) is 14.4 Å². The molecule has 152 valence electrons. The van der Waals surface area contributed by atoms with E-state index in [0.717, 1.165) is 24.2 Å². The number of hydrogen-bond donors (Lipinski definition) is 1. The molecule has 0 fully saturated rings. The molecule has 1 rings (SSSR count). The van der Waals surface area contributed by atoms with Crippen molar-refractivity contribution in [3.8, 4) is 0 Å². The maximum Gasteiger partial charge on any atom is 0.341 e. The summed E-state index contributed by atoms with van der Waals surface area (Å²) in [6.45, 7) is 8.02. The summed E-state index contributed by atoms with van der Waals surface area (Å²) in [5.41, 5.74) is 0.782. The van der Waals surface area contributed by atoms with Crippen LogP contribution in [0.25, 0.3) is 0 Å². The fourth-order valence-corrected chi connectivity index (χ4v) is 3.88. The number of amides is 2. The third kappa shape index (κ3) is 6.04. The molecule has 1 heterocycles. The number of carbonyl (C=O) groups is 3. The number of hydrogen-bond acceptors (Lipinski definition) is 6. The zero-order valence-corrected chi connectivity index (χ0v) is 18.2. The van der Waals surface area contributed by atoms with Crippen LogP contribution in [0.5, 0.6) is 0 Å². The summed E-state index contributed by atoms with van der Waals surface area (Å²) in [5, 5.41) is 3.16. The van der Waals surface area contributed by atoms with Crippen LogP contribution in [0.2, 0.25) is 0 Å². The van der Waals surface area contributed by atoms with Gasteiger partial charge in [-0.1, -0.05) is 13.3 Å². The summed E-state index contributed by atoms with van der Waals surface area (Å²) in [7, 11) is 5.19. The summed E-state index contributed by atoms with van der Waals surface area (Å²) >= 11 is 1.11. The zero-order valence-electron chi connectivity index (χ0n) is 17.3. The highest BCUT2D eigenvalue weighted by Crippen LogP contribution is 2.34. The van der Waals surface area contributed by atoms with Crippen LogP contribution in [0.4, 0.5) is 5.00 Å². The molecule has 27 heavy (non-hydrogen) atoms. The smallest absolute Gasteiger partial charge is 0.341 e. The van der Waals surface area contributed by atoms with E-state index < -0.39 is 5.97 Å². The first kappa shape index (κ1) is 23.1. The molecule has 7 nitrogen and oxygen atoms in total. The van der Waals surface area contributed by atoms with E-state index in [2.05, 4.69) is 19.2 Å². The van der Waals surface area contributed by atoms with Gasteiger partial charge in [0.05, 0.1) is 23.6 Å². The second-order valence-electron chi connectivity index (χ2n) is 6.78. The van der Waals surface area contributed by atoms with Crippen molar-refractivity contribution < 1.29 is 19.1 Å². The van der Waals surface area contributed by atoms with Gasteiger partial charge >= 0.3 is 5.97 Å². The lowest BCUT2D eigenvalue weighted by atomic mass is 10.1. The van der Waals surface area contributed by atoms with Gasteiger partial charge in [0.15, 0.2) is 0 Å². The molecule has 8 heteroatoms. The quantitative estimate of drug-likeness (QED) is 0.648. The van der Waals surface area contributed by atoms with Crippen LogP contribution in [-0.4, -0.2) is 67.9 Å². The molecule has 1 atom stereocenters. The second-order valence-corrected chi connectivity index (χ2v) is 7.80. The van der Waals surface area contributed by atoms with E-state index in [1.807, 2.05) is 11.9 Å². The zero-order chi connectivity index (χ0) is 20.7. The Balaban J connectivity index is 3.10. The van der Waals surface area contributed by atoms with E-state index in [4.69, 9.17) is 4.74 Å². The van der Waals surface area contributed by atoms with Crippen molar-refractivity contribution in [1.29, 1.82) is 0 Å². The van der Waals surface area contributed by atoms with Crippen LogP contribution in [0, 0.1) is 6.92 Å². The van der Waals surface area contributed by atoms with Gasteiger partial charge in [-0.3, -0.25) is 14.5 Å². The van der Waals surface area contributed by atoms with Crippen LogP contribution >= 0.6 is 11.3 Å². The molecule has 0 aliphatic carbocycles. The third-order valence-corrected chi connectivity index (χ3v) is 5.53. The summed E-state index contributed by atoms with van der Waals surface area (Å²) in [5.74, 6) is -0.972. The molecule has 0 aliphatic rings. The number of likely N-dealkylation sites (N-methyl/N-ethyl adjacent to an activating group) is 1. The fourth-order valence-electron chi connectivity index (χ4n) is 2.64. The molecule has 0 radical (unpaired) electrons. The van der Waals surface area contributed by atoms with Crippen molar-refractivity contribution in [1.82, 2.24) is 9.80 Å². The lowest BCUT2D eigenvalue weighted by molar-refractivity contribution is -0.117. The molecule has 1 N–H and O–H groups in total. The summed E-state index contributed by atoms with van der Waals surface area (Å²) < 4.78 is 5.12. The first-order valence-electron chi connectivity index (χ1n) is 9.16. The number of anilines is 1. The topological polar surface area (TPSA) is 79.0 Å². The van der Waals surface area contributed by atoms with E-state index in [1.165, 1.54) is 4.90 Å². The van der Waals surface area contributed by atoms with Gasteiger partial charge in [-0.05, 0) is 39.8 Å². The van der Waals surface area contributed by atoms with Crippen molar-refractivity contribution in [2.75, 3.05) is 39.6 Å². The lowest BCUT2D eigenvalue weighted by Crippen LogP contribution is -2.36. The van der Waals surface area contributed by atoms with Crippen LogP contribution in [0.1, 0.15) is 59.2 Å². The van der Waals surface area contributed by atoms with Gasteiger partial charge < -0.3 is 15.0 Å². The Hall–Kier alpha value is -1.93. The molecule has 0 spiro atoms. The highest BCUT2D eigenvalue weighted by atomic mass is 32.1. The summed E-state index contributed by atoms with van der Waals surface area (Å²) in [6, 6.07) is 0.279. The number of rotatable bonds is 9. The molecule has 0 saturated carbocycles. The van der Waals surface area contributed by atoms with Gasteiger partial charge in [-0.15, -0.1) is 11.3 Å². The monoisotopic (exact) mass is 397 g/mol. The van der Waals surface area contributed by atoms with Crippen molar-refractivity contribution in [2.45, 2.75) is 46.6 Å². The van der Waals surface area contributed by atoms with E-state index in [-0.39, 0.29) is 36.6 Å². The largest absolute Gasteiger partial charge is 0.462 e. The maximum atomic E-state index is 12.5. The van der Waals surface area contributed by atoms with E-state index in [1.54, 1.807) is 27.9 Å². The average Bonchev–Trinajstić information content (AvgIpc) is 2.90. The minimum atomic E-state index is -0.535. The molecule has 2 amide bonds. The Morgan fingerprint density at radius 2 is 1.81 bits per heavy atom. The maximum absolute atomic E-state index is 12.5. The second kappa shape index (κ2) is 10.4. The molecule has 0 unspecified atom stereocenters. The first-order chi connectivity index (χ1) is 12.6. The first-order valence-corrected chi connectivity index (χ1v) is 9.97. The Kier molecular flexibility index (Phi) is 8.92. The van der Waals surface area contributed by atoms with E-state index >= 15 is 0 Å². The highest BCUT2D eigenvalue weighted by Gasteiger charge is 2.27. The van der Waals surface area contributed by atoms with Crippen LogP contribution < -0.4 is 5.32 Å². The molecule has 1 aromatic rings. The number of nitrogens with one attached hydrogen (secondary N) is 1. The number of esters is 1. The molecule has 0 bridgehead atoms. The minimum Gasteiger partial charge on any atom is -0.462 e. The van der Waals surface area contributed by atoms with Gasteiger partial charge in [0.2, 0.25) is 5.91 Å². The molecule has 1 aromatic heterocycles. The lowest BCUT2D eigenvalue weighted by Gasteiger charge is -2.23. The van der Waals surface area contributed by atoms with Gasteiger partial charge in [0.1, 0.15) is 5.00 Å². The molecule has 0 aromatic carbocycles. The highest BCUT2D eigenvalue weighted by molar-refractivity contribution is 7.18. The predicted molar refractivity (Wildman–Crippen MR) is 109 cm³/mol. The van der Waals surface area contributed by atoms with Crippen molar-refractivity contribution >= 4 is 34.1 Å². The number of nitrogens with zero attached hydrogens (tertiary/aromatic N) is 2. The standard InChI is InChI=1S/C19H31N3O4S/c1-8-10-12(3)22(7)11-14(23)20-17-15(19(25)26-9-2)13(4)16(27-17)18(24)21(5)6/h12H,8-11H2,1-7H3,(H,20,23)/t12-/m1/s1. The Morgan fingerprint density at radius 1 is 1.19 bits per heavy atom. The van der Waals surface area contributed by atoms with Crippen molar-refractivity contribution in [3.63, 3.8) is 0 Å². The molecular weight excluding hydrogens is 366 g/mol. The number of carbonyl (C=O) groups excluding carboxylic acids is 3. The fraction of sp³-hybridized carbons (Fsp3) is 0.632. The third-order valence-electron chi connectivity index (χ3n) is 4.33. The molecule has 0 saturated heterocycles. The van der Waals surface area contributed by atoms with Crippen LogP contribution in [-0.2, 0) is 9.53 Å². The Labute approximate surface area is 165 Å². The van der Waals surface area contributed by atoms with Crippen molar-refractivity contribution in [2.24, 2.45) is 0 Å². The Bertz CT molecular complexity index is 685. The van der Waals surface area contributed by atoms with Crippen LogP contribution in [0.3, 0.4) is 0 Å². The molecular formula is C19H31N3O4S. The van der Waals surface area contributed by atoms with Crippen molar-refractivity contribution in [3.05, 3.63) is 16.0 Å². The Morgan fingerprint density at radius 3 is 2.33 bits per heavy atom. The number of thiophene rings is 1. The van der Waals surface area contributed by atoms with Gasteiger partial charge in [-0.2, -0.15) is 0 Å². The van der Waals surface area contributed by atoms with Gasteiger partial charge in [-0.25, -0.2) is 4.79 Å². The summed E-state index contributed by atoms with van der Waals surface area (Å²) in [4.78, 5) is 41.1. The normalized spacial score (nSPS) is 12.0. The minimum absolute atomic E-state index is 0.206. The SMILES string of the molecule is CCC[C@@H](C)N(C)CC(=O)Nc1sc(C(=O)N(C)C)c(C)c1C(=O)OCC. The van der Waals surface area contributed by atoms with Gasteiger partial charge in [0.25, 0.3) is 5.91 Å².